The summed E-state index contributed by atoms with van der Waals surface area (Å²) >= 11 is 3.25. The van der Waals surface area contributed by atoms with Crippen LogP contribution in [0.3, 0.4) is 0 Å². The zero-order valence-corrected chi connectivity index (χ0v) is 25.5. The fourth-order valence-electron chi connectivity index (χ4n) is 5.55. The number of carbonyl (C=O) groups excluding carboxylic acids is 3. The maximum absolute atomic E-state index is 13.9. The second-order valence-corrected chi connectivity index (χ2v) is 13.5. The van der Waals surface area contributed by atoms with Gasteiger partial charge in [0.15, 0.2) is 10.9 Å². The number of benzene rings is 1. The van der Waals surface area contributed by atoms with Crippen molar-refractivity contribution in [1.82, 2.24) is 20.1 Å². The minimum absolute atomic E-state index is 0.0343. The van der Waals surface area contributed by atoms with Gasteiger partial charge in [-0.2, -0.15) is 11.8 Å². The largest absolute Gasteiger partial charge is 0.367 e. The zero-order valence-electron chi connectivity index (χ0n) is 23.9. The molecule has 3 aliphatic rings. The van der Waals surface area contributed by atoms with Gasteiger partial charge in [0.1, 0.15) is 18.7 Å². The number of fused-ring (bicyclic) bond motifs is 1. The Kier molecular flexibility index (Phi) is 8.56. The normalized spacial score (nSPS) is 24.3. The van der Waals surface area contributed by atoms with Crippen LogP contribution in [0.15, 0.2) is 29.6 Å². The third-order valence-corrected chi connectivity index (χ3v) is 10.6. The summed E-state index contributed by atoms with van der Waals surface area (Å²) in [6.07, 6.45) is 2.36. The number of hydrogen-bond donors (Lipinski definition) is 1. The van der Waals surface area contributed by atoms with Crippen molar-refractivity contribution in [3.8, 4) is 11.3 Å². The molecule has 216 valence electrons. The molecule has 9 nitrogen and oxygen atoms in total. The number of rotatable bonds is 8. The number of piperazine rings is 1. The van der Waals surface area contributed by atoms with Crippen LogP contribution in [0.1, 0.15) is 37.6 Å². The fourth-order valence-corrected chi connectivity index (χ4v) is 7.25. The molecule has 5 rings (SSSR count). The van der Waals surface area contributed by atoms with Gasteiger partial charge in [0.05, 0.1) is 17.0 Å². The highest BCUT2D eigenvalue weighted by molar-refractivity contribution is 7.99. The summed E-state index contributed by atoms with van der Waals surface area (Å²) in [4.78, 5) is 51.1. The lowest BCUT2D eigenvalue weighted by atomic mass is 9.80. The Morgan fingerprint density at radius 1 is 1.20 bits per heavy atom. The van der Waals surface area contributed by atoms with Gasteiger partial charge >= 0.3 is 0 Å². The molecule has 1 N–H and O–H groups in total. The number of Topliss-reactive ketones (excluding diaryl/α,β-unsaturated/α-hetero) is 1. The van der Waals surface area contributed by atoms with Crippen molar-refractivity contribution in [2.45, 2.75) is 50.6 Å². The molecule has 4 heterocycles. The average molecular weight is 586 g/mol. The van der Waals surface area contributed by atoms with Crippen LogP contribution in [0.2, 0.25) is 0 Å². The highest BCUT2D eigenvalue weighted by Crippen LogP contribution is 2.36. The lowest BCUT2D eigenvalue weighted by Gasteiger charge is -2.36. The van der Waals surface area contributed by atoms with Gasteiger partial charge in [0.2, 0.25) is 5.91 Å². The number of thiazole rings is 1. The number of amides is 2. The number of anilines is 1. The Morgan fingerprint density at radius 3 is 2.55 bits per heavy atom. The van der Waals surface area contributed by atoms with Gasteiger partial charge in [-0.15, -0.1) is 11.3 Å². The van der Waals surface area contributed by atoms with E-state index in [-0.39, 0.29) is 35.6 Å². The Hall–Kier alpha value is -2.47. The van der Waals surface area contributed by atoms with E-state index in [0.717, 1.165) is 42.6 Å². The van der Waals surface area contributed by atoms with E-state index in [1.165, 1.54) is 0 Å². The molecule has 4 atom stereocenters. The first-order valence-corrected chi connectivity index (χ1v) is 16.1. The minimum atomic E-state index is -0.774. The molecule has 3 saturated heterocycles. The summed E-state index contributed by atoms with van der Waals surface area (Å²) in [7, 11) is 2.14. The molecule has 0 saturated carbocycles. The third kappa shape index (κ3) is 5.66. The number of ketones is 1. The number of nitrogens with zero attached hydrogens (tertiary/aromatic N) is 4. The van der Waals surface area contributed by atoms with Gasteiger partial charge in [0, 0.05) is 49.2 Å². The van der Waals surface area contributed by atoms with E-state index < -0.39 is 17.5 Å². The number of likely N-dealkylation sites (tertiary alicyclic amines) is 1. The van der Waals surface area contributed by atoms with Crippen LogP contribution in [-0.2, 0) is 14.3 Å². The summed E-state index contributed by atoms with van der Waals surface area (Å²) in [6.45, 7) is 10.4. The van der Waals surface area contributed by atoms with Gasteiger partial charge in [-0.1, -0.05) is 32.9 Å². The molecule has 0 unspecified atom stereocenters. The van der Waals surface area contributed by atoms with Crippen LogP contribution in [0.25, 0.3) is 11.3 Å². The maximum Gasteiger partial charge on any atom is 0.251 e. The molecule has 3 fully saturated rings. The van der Waals surface area contributed by atoms with E-state index in [1.54, 1.807) is 40.1 Å². The van der Waals surface area contributed by atoms with Crippen molar-refractivity contribution in [3.05, 3.63) is 35.2 Å². The van der Waals surface area contributed by atoms with E-state index in [1.807, 2.05) is 39.2 Å². The Morgan fingerprint density at radius 2 is 1.90 bits per heavy atom. The summed E-state index contributed by atoms with van der Waals surface area (Å²) in [5.41, 5.74) is 1.80. The van der Waals surface area contributed by atoms with Gasteiger partial charge in [0.25, 0.3) is 5.91 Å². The van der Waals surface area contributed by atoms with E-state index >= 15 is 0 Å². The highest BCUT2D eigenvalue weighted by atomic mass is 32.2. The molecule has 40 heavy (non-hydrogen) atoms. The molecule has 1 aromatic carbocycles. The van der Waals surface area contributed by atoms with Crippen molar-refractivity contribution in [3.63, 3.8) is 0 Å². The molecular formula is C29H39N5O4S2. The summed E-state index contributed by atoms with van der Waals surface area (Å²) in [6, 6.07) is 6.02. The predicted molar refractivity (Wildman–Crippen MR) is 160 cm³/mol. The molecule has 2 aromatic rings. The van der Waals surface area contributed by atoms with Crippen molar-refractivity contribution < 1.29 is 19.1 Å². The predicted octanol–water partition coefficient (Wildman–Crippen LogP) is 3.01. The van der Waals surface area contributed by atoms with Crippen LogP contribution in [0.5, 0.6) is 0 Å². The molecule has 1 aromatic heterocycles. The van der Waals surface area contributed by atoms with Gasteiger partial charge < -0.3 is 24.8 Å². The van der Waals surface area contributed by atoms with Gasteiger partial charge in [-0.3, -0.25) is 14.4 Å². The summed E-state index contributed by atoms with van der Waals surface area (Å²) in [5, 5.41) is 6.14. The van der Waals surface area contributed by atoms with E-state index in [4.69, 9.17) is 9.72 Å². The van der Waals surface area contributed by atoms with Crippen molar-refractivity contribution in [2.24, 2.45) is 5.41 Å². The number of aromatic nitrogens is 1. The van der Waals surface area contributed by atoms with Gasteiger partial charge in [-0.25, -0.2) is 4.98 Å². The smallest absolute Gasteiger partial charge is 0.251 e. The number of ether oxygens (including phenoxy) is 1. The van der Waals surface area contributed by atoms with Crippen molar-refractivity contribution in [2.75, 3.05) is 57.5 Å². The number of thioether (sulfide) groups is 1. The van der Waals surface area contributed by atoms with E-state index in [9.17, 15) is 14.4 Å². The molecule has 3 aliphatic heterocycles. The minimum Gasteiger partial charge on any atom is -0.367 e. The number of hydrogen-bond acceptors (Lipinski definition) is 9. The van der Waals surface area contributed by atoms with Crippen LogP contribution in [0.4, 0.5) is 5.13 Å². The van der Waals surface area contributed by atoms with Crippen molar-refractivity contribution in [1.29, 1.82) is 0 Å². The summed E-state index contributed by atoms with van der Waals surface area (Å²) < 4.78 is 5.74. The number of nitrogens with one attached hydrogen (secondary N) is 1. The van der Waals surface area contributed by atoms with Crippen LogP contribution in [0, 0.1) is 5.41 Å². The number of carbonyl (C=O) groups is 3. The lowest BCUT2D eigenvalue weighted by Crippen LogP contribution is -2.57. The third-order valence-electron chi connectivity index (χ3n) is 8.65. The quantitative estimate of drug-likeness (QED) is 0.506. The first-order chi connectivity index (χ1) is 19.1. The number of likely N-dealkylation sites (N-methyl/N-ethyl adjacent to an activating group) is 1. The average Bonchev–Trinajstić information content (AvgIpc) is 3.69. The monoisotopic (exact) mass is 585 g/mol. The molecule has 0 bridgehead atoms. The lowest BCUT2D eigenvalue weighted by molar-refractivity contribution is -0.140. The Balaban J connectivity index is 1.30. The van der Waals surface area contributed by atoms with Gasteiger partial charge in [-0.05, 0) is 37.3 Å². The first kappa shape index (κ1) is 29.0. The Bertz CT molecular complexity index is 1240. The molecule has 11 heteroatoms. The first-order valence-electron chi connectivity index (χ1n) is 13.9. The topological polar surface area (TPSA) is 95.1 Å². The van der Waals surface area contributed by atoms with Crippen LogP contribution >= 0.6 is 23.1 Å². The second kappa shape index (κ2) is 11.8. The van der Waals surface area contributed by atoms with Crippen molar-refractivity contribution >= 4 is 45.8 Å². The molecule has 0 radical (unpaired) electrons. The van der Waals surface area contributed by atoms with Crippen LogP contribution in [-0.4, -0.2) is 108 Å². The zero-order chi connectivity index (χ0) is 28.6. The van der Waals surface area contributed by atoms with E-state index in [2.05, 4.69) is 27.5 Å². The standard InChI is InChI=1S/C29H39N5O4S2/c1-6-29(2,3)25(27(37)34-15-22(39-5)24-23(34)21(35)16-38-24)31-26(36)19-9-7-18(8-10-19)20-17-40-28(30-20)33-13-11-32(4)12-14-33/h7-10,17,22-25H,6,11-16H2,1-5H3,(H,31,36)/t22-,23+,24-,25+/m0/s1. The maximum atomic E-state index is 13.9. The SMILES string of the molecule is CCC(C)(C)[C@H](NC(=O)c1ccc(-c2csc(N3CCN(C)CC3)n2)cc1)C(=O)N1C[C@H](SC)[C@@H]2OCC(=O)[C@H]21. The fraction of sp³-hybridized carbons (Fsp3) is 0.586. The second-order valence-electron chi connectivity index (χ2n) is 11.6. The highest BCUT2D eigenvalue weighted by Gasteiger charge is 2.54. The Labute approximate surface area is 244 Å². The molecular weight excluding hydrogens is 546 g/mol. The summed E-state index contributed by atoms with van der Waals surface area (Å²) in [5.74, 6) is -0.599. The molecule has 2 amide bonds. The van der Waals surface area contributed by atoms with E-state index in [0.29, 0.717) is 18.5 Å². The molecule has 0 spiro atoms. The molecule has 0 aliphatic carbocycles. The van der Waals surface area contributed by atoms with Crippen LogP contribution < -0.4 is 10.2 Å².